The third-order valence-electron chi connectivity index (χ3n) is 4.94. The van der Waals surface area contributed by atoms with Gasteiger partial charge < -0.3 is 15.5 Å². The van der Waals surface area contributed by atoms with Crippen molar-refractivity contribution in [3.05, 3.63) is 40.0 Å². The Morgan fingerprint density at radius 1 is 1.15 bits per heavy atom. The van der Waals surface area contributed by atoms with E-state index in [9.17, 15) is 9.59 Å². The molecule has 0 spiro atoms. The highest BCUT2D eigenvalue weighted by atomic mass is 32.1. The minimum Gasteiger partial charge on any atom is -0.351 e. The van der Waals surface area contributed by atoms with Crippen LogP contribution in [0.4, 0.5) is 21.4 Å². The van der Waals surface area contributed by atoms with Gasteiger partial charge in [-0.3, -0.25) is 14.8 Å². The Bertz CT molecular complexity index is 1180. The summed E-state index contributed by atoms with van der Waals surface area (Å²) >= 11 is 1.44. The second-order valence-electron chi connectivity index (χ2n) is 8.25. The molecule has 33 heavy (non-hydrogen) atoms. The quantitative estimate of drug-likeness (QED) is 0.524. The van der Waals surface area contributed by atoms with Crippen LogP contribution in [-0.4, -0.2) is 49.3 Å². The molecule has 0 aromatic carbocycles. The van der Waals surface area contributed by atoms with Gasteiger partial charge >= 0.3 is 6.03 Å². The molecule has 0 atom stereocenters. The van der Waals surface area contributed by atoms with Crippen molar-refractivity contribution in [3.8, 4) is 0 Å². The molecule has 0 aliphatic carbocycles. The number of hydrogen-bond donors (Lipinski definition) is 3. The molecule has 3 aromatic rings. The molecule has 0 bridgehead atoms. The van der Waals surface area contributed by atoms with E-state index in [-0.39, 0.29) is 17.6 Å². The van der Waals surface area contributed by atoms with Crippen molar-refractivity contribution >= 4 is 39.9 Å². The maximum Gasteiger partial charge on any atom is 0.325 e. The summed E-state index contributed by atoms with van der Waals surface area (Å²) in [6, 6.07) is 1.45. The van der Waals surface area contributed by atoms with Crippen molar-refractivity contribution in [2.45, 2.75) is 46.7 Å². The molecule has 4 rings (SSSR count). The lowest BCUT2D eigenvalue weighted by Gasteiger charge is -2.27. The van der Waals surface area contributed by atoms with E-state index in [1.54, 1.807) is 13.2 Å². The Morgan fingerprint density at radius 2 is 1.94 bits per heavy atom. The van der Waals surface area contributed by atoms with Crippen molar-refractivity contribution < 1.29 is 9.59 Å². The third-order valence-corrected chi connectivity index (χ3v) is 5.94. The molecular weight excluding hydrogens is 442 g/mol. The Morgan fingerprint density at radius 3 is 2.67 bits per heavy atom. The number of hydrogen-bond acceptors (Lipinski definition) is 8. The van der Waals surface area contributed by atoms with Crippen LogP contribution in [0.25, 0.3) is 0 Å². The fourth-order valence-corrected chi connectivity index (χ4v) is 4.65. The molecule has 1 aliphatic heterocycles. The standard InChI is InChI=1S/C21H27N9O2S/c1-11(2)22-19(31)18-15(9-29(5)28-18)25-20(32)27-21-26-14-6-7-30(10-16(14)33-21)17-8-12(3)23-13(4)24-17/h8-9,11H,6-7,10H2,1-5H3,(H,22,31)(H2,25,26,27,32). The molecule has 11 nitrogen and oxygen atoms in total. The third kappa shape index (κ3) is 5.28. The summed E-state index contributed by atoms with van der Waals surface area (Å²) in [5.74, 6) is 1.30. The Balaban J connectivity index is 1.43. The number of aromatic nitrogens is 5. The summed E-state index contributed by atoms with van der Waals surface area (Å²) in [5.41, 5.74) is 2.40. The maximum absolute atomic E-state index is 12.6. The summed E-state index contributed by atoms with van der Waals surface area (Å²) in [6.07, 6.45) is 2.35. The van der Waals surface area contributed by atoms with Crippen molar-refractivity contribution in [1.82, 2.24) is 30.0 Å². The van der Waals surface area contributed by atoms with Gasteiger partial charge in [-0.05, 0) is 27.7 Å². The monoisotopic (exact) mass is 469 g/mol. The van der Waals surface area contributed by atoms with E-state index < -0.39 is 6.03 Å². The molecule has 3 aromatic heterocycles. The summed E-state index contributed by atoms with van der Waals surface area (Å²) in [6.45, 7) is 9.04. The van der Waals surface area contributed by atoms with Gasteiger partial charge in [0.1, 0.15) is 11.6 Å². The van der Waals surface area contributed by atoms with Crippen LogP contribution in [0.2, 0.25) is 0 Å². The van der Waals surface area contributed by atoms with E-state index in [4.69, 9.17) is 0 Å². The maximum atomic E-state index is 12.6. The van der Waals surface area contributed by atoms with Gasteiger partial charge in [-0.1, -0.05) is 11.3 Å². The van der Waals surface area contributed by atoms with Crippen LogP contribution in [0.3, 0.4) is 0 Å². The zero-order valence-corrected chi connectivity index (χ0v) is 20.1. The van der Waals surface area contributed by atoms with Gasteiger partial charge in [0.2, 0.25) is 0 Å². The van der Waals surface area contributed by atoms with Crippen LogP contribution in [-0.2, 0) is 20.0 Å². The molecule has 4 heterocycles. The molecule has 0 unspecified atom stereocenters. The number of thiazole rings is 1. The Labute approximate surface area is 195 Å². The average molecular weight is 470 g/mol. The summed E-state index contributed by atoms with van der Waals surface area (Å²) < 4.78 is 1.48. The van der Waals surface area contributed by atoms with Crippen LogP contribution in [0.15, 0.2) is 12.3 Å². The minimum absolute atomic E-state index is 0.0439. The first-order valence-electron chi connectivity index (χ1n) is 10.7. The van der Waals surface area contributed by atoms with Gasteiger partial charge in [0.05, 0.1) is 17.9 Å². The topological polar surface area (TPSA) is 130 Å². The molecule has 0 fully saturated rings. The van der Waals surface area contributed by atoms with Crippen LogP contribution < -0.4 is 20.9 Å². The number of fused-ring (bicyclic) bond motifs is 1. The highest BCUT2D eigenvalue weighted by Crippen LogP contribution is 2.30. The van der Waals surface area contributed by atoms with E-state index in [0.29, 0.717) is 17.4 Å². The molecule has 0 saturated carbocycles. The van der Waals surface area contributed by atoms with Gasteiger partial charge in [0, 0.05) is 48.9 Å². The molecule has 0 radical (unpaired) electrons. The van der Waals surface area contributed by atoms with E-state index in [0.717, 1.165) is 40.9 Å². The van der Waals surface area contributed by atoms with Gasteiger partial charge in [-0.15, -0.1) is 0 Å². The molecule has 0 saturated heterocycles. The zero-order chi connectivity index (χ0) is 23.7. The lowest BCUT2D eigenvalue weighted by atomic mass is 10.2. The van der Waals surface area contributed by atoms with Crippen molar-refractivity contribution in [2.75, 3.05) is 22.1 Å². The predicted octanol–water partition coefficient (Wildman–Crippen LogP) is 2.63. The first-order valence-corrected chi connectivity index (χ1v) is 11.5. The number of carbonyl (C=O) groups excluding carboxylic acids is 2. The number of rotatable bonds is 5. The molecule has 174 valence electrons. The van der Waals surface area contributed by atoms with Gasteiger partial charge in [0.25, 0.3) is 5.91 Å². The van der Waals surface area contributed by atoms with Gasteiger partial charge in [0.15, 0.2) is 10.8 Å². The number of nitrogens with zero attached hydrogens (tertiary/aromatic N) is 6. The van der Waals surface area contributed by atoms with Crippen LogP contribution in [0, 0.1) is 13.8 Å². The van der Waals surface area contributed by atoms with Crippen LogP contribution >= 0.6 is 11.3 Å². The van der Waals surface area contributed by atoms with E-state index in [1.165, 1.54) is 16.0 Å². The van der Waals surface area contributed by atoms with Crippen molar-refractivity contribution in [2.24, 2.45) is 7.05 Å². The second-order valence-corrected chi connectivity index (χ2v) is 9.33. The predicted molar refractivity (Wildman–Crippen MR) is 127 cm³/mol. The lowest BCUT2D eigenvalue weighted by molar-refractivity contribution is 0.0938. The van der Waals surface area contributed by atoms with Gasteiger partial charge in [-0.25, -0.2) is 19.7 Å². The highest BCUT2D eigenvalue weighted by molar-refractivity contribution is 7.15. The molecule has 12 heteroatoms. The number of amides is 3. The number of anilines is 3. The van der Waals surface area contributed by atoms with E-state index >= 15 is 0 Å². The van der Waals surface area contributed by atoms with Crippen molar-refractivity contribution in [3.63, 3.8) is 0 Å². The number of nitrogens with one attached hydrogen (secondary N) is 3. The summed E-state index contributed by atoms with van der Waals surface area (Å²) in [5, 5.41) is 12.9. The minimum atomic E-state index is -0.480. The SMILES string of the molecule is Cc1cc(N2CCc3nc(NC(=O)Nc4cn(C)nc4C(=O)NC(C)C)sc3C2)nc(C)n1. The van der Waals surface area contributed by atoms with Crippen molar-refractivity contribution in [1.29, 1.82) is 0 Å². The Hall–Kier alpha value is -3.54. The van der Waals surface area contributed by atoms with Crippen LogP contribution in [0.5, 0.6) is 0 Å². The number of aryl methyl sites for hydroxylation is 3. The zero-order valence-electron chi connectivity index (χ0n) is 19.3. The number of urea groups is 1. The first kappa shape index (κ1) is 22.6. The normalized spacial score (nSPS) is 13.1. The molecule has 3 N–H and O–H groups in total. The summed E-state index contributed by atoms with van der Waals surface area (Å²) in [4.78, 5) is 41.7. The smallest absolute Gasteiger partial charge is 0.325 e. The Kier molecular flexibility index (Phi) is 6.27. The average Bonchev–Trinajstić information content (AvgIpc) is 3.28. The van der Waals surface area contributed by atoms with Gasteiger partial charge in [-0.2, -0.15) is 5.10 Å². The fourth-order valence-electron chi connectivity index (χ4n) is 3.63. The molecule has 3 amide bonds. The highest BCUT2D eigenvalue weighted by Gasteiger charge is 2.24. The molecule has 1 aliphatic rings. The largest absolute Gasteiger partial charge is 0.351 e. The second kappa shape index (κ2) is 9.14. The van der Waals surface area contributed by atoms with Crippen LogP contribution in [0.1, 0.15) is 46.4 Å². The van der Waals surface area contributed by atoms with E-state index in [1.807, 2.05) is 33.8 Å². The first-order chi connectivity index (χ1) is 15.7. The lowest BCUT2D eigenvalue weighted by Crippen LogP contribution is -2.31. The van der Waals surface area contributed by atoms with E-state index in [2.05, 4.69) is 40.9 Å². The summed E-state index contributed by atoms with van der Waals surface area (Å²) in [7, 11) is 1.69. The molecular formula is C21H27N9O2S. The number of carbonyl (C=O) groups is 2. The fraction of sp³-hybridized carbons (Fsp3) is 0.429.